The van der Waals surface area contributed by atoms with E-state index in [2.05, 4.69) is 0 Å². The van der Waals surface area contributed by atoms with Gasteiger partial charge in [-0.1, -0.05) is 0 Å². The maximum absolute atomic E-state index is 8.84. The first kappa shape index (κ1) is 6.88. The summed E-state index contributed by atoms with van der Waals surface area (Å²) >= 11 is 0. The zero-order chi connectivity index (χ0) is 6.08. The van der Waals surface area contributed by atoms with E-state index in [1.165, 1.54) is 0 Å². The summed E-state index contributed by atoms with van der Waals surface area (Å²) in [5, 5.41) is 8.84. The fraction of sp³-hybridized carbons (Fsp3) is 1.00. The fourth-order valence-electron chi connectivity index (χ4n) is 0. The highest BCUT2D eigenvalue weighted by atomic mass is 16.3. The molecule has 0 fully saturated rings. The van der Waals surface area contributed by atoms with Crippen LogP contribution in [0.25, 0.3) is 0 Å². The summed E-state index contributed by atoms with van der Waals surface area (Å²) in [5.74, 6) is 0. The van der Waals surface area contributed by atoms with E-state index in [1.807, 2.05) is 0 Å². The quantitative estimate of drug-likeness (QED) is 0.374. The fourth-order valence-corrected chi connectivity index (χ4v) is 0. The van der Waals surface area contributed by atoms with Crippen molar-refractivity contribution in [3.05, 3.63) is 0 Å². The van der Waals surface area contributed by atoms with E-state index in [4.69, 9.17) is 16.6 Å². The lowest BCUT2D eigenvalue weighted by Gasteiger charge is -2.20. The van der Waals surface area contributed by atoms with Crippen molar-refractivity contribution < 1.29 is 5.11 Å². The van der Waals surface area contributed by atoms with Crippen LogP contribution in [0, 0.1) is 0 Å². The molecule has 3 heteroatoms. The highest BCUT2D eigenvalue weighted by Crippen LogP contribution is 1.98. The minimum atomic E-state index is -0.944. The van der Waals surface area contributed by atoms with Crippen LogP contribution in [-0.4, -0.2) is 16.9 Å². The third-order valence-electron chi connectivity index (χ3n) is 0.816. The van der Waals surface area contributed by atoms with Gasteiger partial charge in [-0.3, -0.25) is 0 Å². The molecule has 0 aliphatic heterocycles. The van der Waals surface area contributed by atoms with Crippen LogP contribution >= 0.6 is 0 Å². The van der Waals surface area contributed by atoms with Crippen LogP contribution in [-0.2, 0) is 0 Å². The average Bonchev–Trinajstić information content (AvgIpc) is 1.31. The van der Waals surface area contributed by atoms with Gasteiger partial charge in [-0.2, -0.15) is 0 Å². The van der Waals surface area contributed by atoms with Gasteiger partial charge in [-0.05, 0) is 13.8 Å². The Morgan fingerprint density at radius 3 is 1.57 bits per heavy atom. The Hall–Kier alpha value is -0.120. The smallest absolute Gasteiger partial charge is 0.0870 e. The van der Waals surface area contributed by atoms with Gasteiger partial charge in [0.25, 0.3) is 0 Å². The molecule has 0 aliphatic rings. The maximum Gasteiger partial charge on any atom is 0.0870 e. The van der Waals surface area contributed by atoms with Crippen molar-refractivity contribution in [1.82, 2.24) is 0 Å². The molecule has 0 heterocycles. The van der Waals surface area contributed by atoms with E-state index in [1.54, 1.807) is 13.8 Å². The first-order valence-electron chi connectivity index (χ1n) is 2.18. The summed E-state index contributed by atoms with van der Waals surface area (Å²) < 4.78 is 0. The first-order valence-corrected chi connectivity index (χ1v) is 2.18. The zero-order valence-electron chi connectivity index (χ0n) is 4.68. The number of hydrogen-bond donors (Lipinski definition) is 3. The van der Waals surface area contributed by atoms with Crippen LogP contribution < -0.4 is 11.5 Å². The summed E-state index contributed by atoms with van der Waals surface area (Å²) in [6, 6.07) is 0. The topological polar surface area (TPSA) is 72.3 Å². The molecule has 0 aromatic rings. The maximum atomic E-state index is 8.84. The molecule has 0 radical (unpaired) electrons. The van der Waals surface area contributed by atoms with Gasteiger partial charge in [0.2, 0.25) is 0 Å². The molecule has 3 nitrogen and oxygen atoms in total. The standard InChI is InChI=1S/C4H12N2O/c1-4(2,7)3(5)6/h3,7H,5-6H2,1-2H3. The molecule has 0 aromatic heterocycles. The minimum absolute atomic E-state index is 0.646. The molecule has 0 amide bonds. The third kappa shape index (κ3) is 2.56. The van der Waals surface area contributed by atoms with Crippen molar-refractivity contribution in [2.24, 2.45) is 11.5 Å². The van der Waals surface area contributed by atoms with Gasteiger partial charge in [0.1, 0.15) is 0 Å². The largest absolute Gasteiger partial charge is 0.387 e. The predicted molar refractivity (Wildman–Crippen MR) is 28.5 cm³/mol. The molecule has 0 spiro atoms. The van der Waals surface area contributed by atoms with Gasteiger partial charge in [0, 0.05) is 0 Å². The van der Waals surface area contributed by atoms with Crippen molar-refractivity contribution in [2.45, 2.75) is 25.6 Å². The molecule has 44 valence electrons. The van der Waals surface area contributed by atoms with Gasteiger partial charge in [-0.25, -0.2) is 0 Å². The van der Waals surface area contributed by atoms with E-state index < -0.39 is 11.8 Å². The van der Waals surface area contributed by atoms with Crippen LogP contribution in [0.1, 0.15) is 13.8 Å². The number of nitrogens with two attached hydrogens (primary N) is 2. The number of rotatable bonds is 1. The summed E-state index contributed by atoms with van der Waals surface area (Å²) in [4.78, 5) is 0. The predicted octanol–water partition coefficient (Wildman–Crippen LogP) is -0.999. The van der Waals surface area contributed by atoms with E-state index in [0.29, 0.717) is 0 Å². The Morgan fingerprint density at radius 2 is 1.57 bits per heavy atom. The van der Waals surface area contributed by atoms with Crippen molar-refractivity contribution in [3.63, 3.8) is 0 Å². The SMILES string of the molecule is CC(C)(O)C(N)N. The van der Waals surface area contributed by atoms with Crippen LogP contribution in [0.5, 0.6) is 0 Å². The highest BCUT2D eigenvalue weighted by molar-refractivity contribution is 4.73. The second-order valence-electron chi connectivity index (χ2n) is 2.18. The molecule has 7 heavy (non-hydrogen) atoms. The Bertz CT molecular complexity index is 55.2. The van der Waals surface area contributed by atoms with Gasteiger partial charge in [0.05, 0.1) is 11.8 Å². The van der Waals surface area contributed by atoms with Crippen molar-refractivity contribution in [2.75, 3.05) is 0 Å². The Balaban J connectivity index is 3.54. The minimum Gasteiger partial charge on any atom is -0.387 e. The Kier molecular flexibility index (Phi) is 1.75. The second-order valence-corrected chi connectivity index (χ2v) is 2.18. The van der Waals surface area contributed by atoms with Crippen LogP contribution in [0.4, 0.5) is 0 Å². The molecule has 0 unspecified atom stereocenters. The van der Waals surface area contributed by atoms with Crippen molar-refractivity contribution in [3.8, 4) is 0 Å². The van der Waals surface area contributed by atoms with Crippen LogP contribution in [0.3, 0.4) is 0 Å². The van der Waals surface area contributed by atoms with Gasteiger partial charge in [-0.15, -0.1) is 0 Å². The van der Waals surface area contributed by atoms with Crippen molar-refractivity contribution in [1.29, 1.82) is 0 Å². The van der Waals surface area contributed by atoms with Gasteiger partial charge < -0.3 is 16.6 Å². The lowest BCUT2D eigenvalue weighted by atomic mass is 10.1. The number of hydrogen-bond acceptors (Lipinski definition) is 3. The second kappa shape index (κ2) is 1.78. The zero-order valence-corrected chi connectivity index (χ0v) is 4.68. The summed E-state index contributed by atoms with van der Waals surface area (Å²) in [6.07, 6.45) is -0.646. The van der Waals surface area contributed by atoms with E-state index >= 15 is 0 Å². The molecule has 0 saturated carbocycles. The summed E-state index contributed by atoms with van der Waals surface area (Å²) in [5.41, 5.74) is 9.25. The molecule has 0 saturated heterocycles. The van der Waals surface area contributed by atoms with E-state index in [9.17, 15) is 0 Å². The normalized spacial score (nSPS) is 12.9. The van der Waals surface area contributed by atoms with Crippen LogP contribution in [0.2, 0.25) is 0 Å². The molecule has 5 N–H and O–H groups in total. The lowest BCUT2D eigenvalue weighted by molar-refractivity contribution is 0.0542. The molecule has 0 atom stereocenters. The summed E-state index contributed by atoms with van der Waals surface area (Å²) in [7, 11) is 0. The molecule has 0 bridgehead atoms. The Labute approximate surface area is 43.3 Å². The molecular weight excluding hydrogens is 92.1 g/mol. The molecular formula is C4H12N2O. The Morgan fingerprint density at radius 1 is 1.43 bits per heavy atom. The van der Waals surface area contributed by atoms with Crippen LogP contribution in [0.15, 0.2) is 0 Å². The average molecular weight is 104 g/mol. The monoisotopic (exact) mass is 104 g/mol. The van der Waals surface area contributed by atoms with Gasteiger partial charge in [0.15, 0.2) is 0 Å². The molecule has 0 aliphatic carbocycles. The van der Waals surface area contributed by atoms with Gasteiger partial charge >= 0.3 is 0 Å². The highest BCUT2D eigenvalue weighted by Gasteiger charge is 2.17. The lowest BCUT2D eigenvalue weighted by Crippen LogP contribution is -2.49. The molecule has 0 rings (SSSR count). The van der Waals surface area contributed by atoms with E-state index in [0.717, 1.165) is 0 Å². The van der Waals surface area contributed by atoms with Crippen molar-refractivity contribution >= 4 is 0 Å². The third-order valence-corrected chi connectivity index (χ3v) is 0.816. The molecule has 0 aromatic carbocycles. The van der Waals surface area contributed by atoms with E-state index in [-0.39, 0.29) is 0 Å². The number of aliphatic hydroxyl groups is 1. The first-order chi connectivity index (χ1) is 2.94. The summed E-state index contributed by atoms with van der Waals surface area (Å²) in [6.45, 7) is 3.13.